The lowest BCUT2D eigenvalue weighted by Crippen LogP contribution is -2.35. The lowest BCUT2D eigenvalue weighted by molar-refractivity contribution is -0.0661. The Kier molecular flexibility index (Phi) is 14.4. The first-order chi connectivity index (χ1) is 16.9. The second-order valence-corrected chi connectivity index (χ2v) is 10.6. The minimum atomic E-state index is -0.289. The predicted molar refractivity (Wildman–Crippen MR) is 143 cm³/mol. The first-order valence-electron chi connectivity index (χ1n) is 14.1. The van der Waals surface area contributed by atoms with Crippen molar-refractivity contribution in [3.05, 3.63) is 38.0 Å². The molecule has 0 radical (unpaired) electrons. The smallest absolute Gasteiger partial charge is 0.0847 e. The maximum absolute atomic E-state index is 9.72. The summed E-state index contributed by atoms with van der Waals surface area (Å²) in [6, 6.07) is 0. The van der Waals surface area contributed by atoms with E-state index in [2.05, 4.69) is 39.7 Å². The Balaban J connectivity index is 0.000000188. The summed E-state index contributed by atoms with van der Waals surface area (Å²) in [5.41, 5.74) is 0. The van der Waals surface area contributed by atoms with Crippen LogP contribution in [0.4, 0.5) is 0 Å². The summed E-state index contributed by atoms with van der Waals surface area (Å²) in [6.07, 6.45) is 18.4. The van der Waals surface area contributed by atoms with Crippen LogP contribution >= 0.6 is 0 Å². The fourth-order valence-corrected chi connectivity index (χ4v) is 5.28. The monoisotopic (exact) mass is 492 g/mol. The molecule has 3 aliphatic carbocycles. The number of rotatable bonds is 9. The van der Waals surface area contributed by atoms with Gasteiger partial charge < -0.3 is 24.4 Å². The molecule has 0 amide bonds. The van der Waals surface area contributed by atoms with E-state index in [1.165, 1.54) is 19.3 Å². The summed E-state index contributed by atoms with van der Waals surface area (Å²) < 4.78 is 16.5. The molecular formula is C30H52O5. The molecule has 0 aromatic rings. The Hall–Kier alpha value is -0.980. The predicted octanol–water partition coefficient (Wildman–Crippen LogP) is 6.00. The number of aliphatic hydroxyl groups is 2. The fourth-order valence-electron chi connectivity index (χ4n) is 5.28. The molecule has 9 unspecified atom stereocenters. The zero-order valence-corrected chi connectivity index (χ0v) is 22.4. The maximum Gasteiger partial charge on any atom is 0.0847 e. The van der Waals surface area contributed by atoms with Crippen LogP contribution in [0.5, 0.6) is 0 Å². The van der Waals surface area contributed by atoms with Crippen LogP contribution in [0.3, 0.4) is 0 Å². The van der Waals surface area contributed by atoms with Gasteiger partial charge in [0.05, 0.1) is 36.6 Å². The summed E-state index contributed by atoms with van der Waals surface area (Å²) in [5.74, 6) is 1.76. The van der Waals surface area contributed by atoms with E-state index in [0.29, 0.717) is 24.0 Å². The van der Waals surface area contributed by atoms with Crippen molar-refractivity contribution in [2.45, 2.75) is 121 Å². The van der Waals surface area contributed by atoms with E-state index >= 15 is 0 Å². The second kappa shape index (κ2) is 16.7. The van der Waals surface area contributed by atoms with E-state index in [0.717, 1.165) is 70.5 Å². The topological polar surface area (TPSA) is 71.5 Å². The van der Waals surface area contributed by atoms with Crippen LogP contribution in [0.2, 0.25) is 0 Å². The van der Waals surface area contributed by atoms with Crippen molar-refractivity contribution >= 4 is 0 Å². The molecule has 0 spiro atoms. The molecule has 4 aliphatic rings. The third-order valence-electron chi connectivity index (χ3n) is 7.71. The molecular weight excluding hydrogens is 440 g/mol. The van der Waals surface area contributed by atoms with E-state index in [4.69, 9.17) is 14.2 Å². The van der Waals surface area contributed by atoms with Crippen LogP contribution < -0.4 is 0 Å². The zero-order valence-electron chi connectivity index (χ0n) is 22.4. The minimum Gasteiger partial charge on any atom is -0.390 e. The third-order valence-corrected chi connectivity index (χ3v) is 7.71. The molecule has 1 aliphatic heterocycles. The Morgan fingerprint density at radius 3 is 1.77 bits per heavy atom. The molecule has 2 N–H and O–H groups in total. The van der Waals surface area contributed by atoms with Crippen molar-refractivity contribution in [1.29, 1.82) is 0 Å². The van der Waals surface area contributed by atoms with E-state index < -0.39 is 0 Å². The van der Waals surface area contributed by atoms with Crippen molar-refractivity contribution in [1.82, 2.24) is 0 Å². The standard InChI is InChI=1S/2C11H20O2.C8H12O/c1-3-7-13-11-6-5-9(4-2)8-10(11)12;1-3-7-13-11-8-9(4-2)5-6-10(11)12;1-2-6-3-4-7-8(5-6)9-7/h2*4,9-12H,2-3,5-8H2,1H3;2,6-8H,1,3-5H2. The zero-order chi connectivity index (χ0) is 25.6. The molecule has 0 aromatic carbocycles. The van der Waals surface area contributed by atoms with E-state index in [9.17, 15) is 10.2 Å². The second-order valence-electron chi connectivity index (χ2n) is 10.6. The molecule has 9 atom stereocenters. The summed E-state index contributed by atoms with van der Waals surface area (Å²) in [4.78, 5) is 0. The Labute approximate surface area is 214 Å². The largest absolute Gasteiger partial charge is 0.390 e. The van der Waals surface area contributed by atoms with Crippen molar-refractivity contribution in [2.75, 3.05) is 13.2 Å². The molecule has 1 heterocycles. The summed E-state index contributed by atoms with van der Waals surface area (Å²) >= 11 is 0. The molecule has 0 aromatic heterocycles. The number of aliphatic hydroxyl groups excluding tert-OH is 2. The van der Waals surface area contributed by atoms with Crippen molar-refractivity contribution in [3.8, 4) is 0 Å². The molecule has 0 bridgehead atoms. The van der Waals surface area contributed by atoms with Crippen LogP contribution in [0, 0.1) is 17.8 Å². The van der Waals surface area contributed by atoms with Crippen molar-refractivity contribution in [2.24, 2.45) is 17.8 Å². The van der Waals surface area contributed by atoms with Crippen LogP contribution in [0.15, 0.2) is 38.0 Å². The van der Waals surface area contributed by atoms with Gasteiger partial charge in [-0.25, -0.2) is 0 Å². The average molecular weight is 493 g/mol. The Bertz CT molecular complexity index is 608. The molecule has 3 saturated carbocycles. The normalized spacial score (nSPS) is 37.9. The number of hydrogen-bond acceptors (Lipinski definition) is 5. The molecule has 202 valence electrons. The lowest BCUT2D eigenvalue weighted by atomic mass is 9.85. The van der Waals surface area contributed by atoms with E-state index in [1.807, 2.05) is 12.2 Å². The van der Waals surface area contributed by atoms with Crippen LogP contribution in [-0.4, -0.2) is 60.1 Å². The molecule has 4 rings (SSSR count). The SMILES string of the molecule is C=CC1CCC(O)C(OCCC)C1.C=CC1CCC(OCCC)C(O)C1.C=CC1CCC2OC2C1. The quantitative estimate of drug-likeness (QED) is 0.305. The molecule has 5 nitrogen and oxygen atoms in total. The lowest BCUT2D eigenvalue weighted by Gasteiger charge is -2.31. The van der Waals surface area contributed by atoms with Gasteiger partial charge in [0, 0.05) is 13.2 Å². The van der Waals surface area contributed by atoms with Gasteiger partial charge in [0.25, 0.3) is 0 Å². The number of epoxide rings is 1. The third kappa shape index (κ3) is 10.9. The van der Waals surface area contributed by atoms with Gasteiger partial charge >= 0.3 is 0 Å². The number of allylic oxidation sites excluding steroid dienone is 3. The van der Waals surface area contributed by atoms with Gasteiger partial charge in [-0.2, -0.15) is 0 Å². The fraction of sp³-hybridized carbons (Fsp3) is 0.800. The average Bonchev–Trinajstić information content (AvgIpc) is 3.67. The van der Waals surface area contributed by atoms with Gasteiger partial charge in [-0.05, 0) is 88.4 Å². The first-order valence-corrected chi connectivity index (χ1v) is 14.1. The van der Waals surface area contributed by atoms with Crippen LogP contribution in [0.1, 0.15) is 84.5 Å². The summed E-state index contributed by atoms with van der Waals surface area (Å²) in [6.45, 7) is 17.0. The highest BCUT2D eigenvalue weighted by Gasteiger charge is 2.42. The highest BCUT2D eigenvalue weighted by Crippen LogP contribution is 2.39. The van der Waals surface area contributed by atoms with Crippen LogP contribution in [0.25, 0.3) is 0 Å². The van der Waals surface area contributed by atoms with Gasteiger partial charge in [0.15, 0.2) is 0 Å². The molecule has 4 fully saturated rings. The van der Waals surface area contributed by atoms with Gasteiger partial charge in [-0.15, -0.1) is 19.7 Å². The maximum atomic E-state index is 9.72. The Morgan fingerprint density at radius 1 is 0.657 bits per heavy atom. The van der Waals surface area contributed by atoms with Crippen molar-refractivity contribution in [3.63, 3.8) is 0 Å². The van der Waals surface area contributed by atoms with Gasteiger partial charge in [-0.1, -0.05) is 32.1 Å². The van der Waals surface area contributed by atoms with Crippen LogP contribution in [-0.2, 0) is 14.2 Å². The number of hydrogen-bond donors (Lipinski definition) is 2. The summed E-state index contributed by atoms with van der Waals surface area (Å²) in [5, 5.41) is 19.4. The van der Waals surface area contributed by atoms with Gasteiger partial charge in [-0.3, -0.25) is 0 Å². The minimum absolute atomic E-state index is 0.0386. The molecule has 1 saturated heterocycles. The molecule has 35 heavy (non-hydrogen) atoms. The number of ether oxygens (including phenoxy) is 3. The number of fused-ring (bicyclic) bond motifs is 1. The highest BCUT2D eigenvalue weighted by molar-refractivity contribution is 4.96. The van der Waals surface area contributed by atoms with Crippen molar-refractivity contribution < 1.29 is 24.4 Å². The highest BCUT2D eigenvalue weighted by atomic mass is 16.6. The summed E-state index contributed by atoms with van der Waals surface area (Å²) in [7, 11) is 0. The van der Waals surface area contributed by atoms with E-state index in [1.54, 1.807) is 0 Å². The van der Waals surface area contributed by atoms with Gasteiger partial charge in [0.1, 0.15) is 0 Å². The Morgan fingerprint density at radius 2 is 1.20 bits per heavy atom. The molecule has 5 heteroatoms. The van der Waals surface area contributed by atoms with Gasteiger partial charge in [0.2, 0.25) is 0 Å². The van der Waals surface area contributed by atoms with E-state index in [-0.39, 0.29) is 24.4 Å². The first kappa shape index (κ1) is 30.2.